The third kappa shape index (κ3) is 4.44. The van der Waals surface area contributed by atoms with Crippen LogP contribution in [0.5, 0.6) is 0 Å². The quantitative estimate of drug-likeness (QED) is 0.703. The molecule has 0 aromatic heterocycles. The molecule has 1 spiro atoms. The van der Waals surface area contributed by atoms with Crippen molar-refractivity contribution in [1.82, 2.24) is 19.0 Å². The molecule has 9 heteroatoms. The SMILES string of the molecule is CC(C)CS(=O)(=O)N1CCN(C(=O)N(C)C)C[C@@]2(CC(=O)N(C)C2)C1. The summed E-state index contributed by atoms with van der Waals surface area (Å²) in [7, 11) is 1.67. The molecule has 3 amide bonds. The Hall–Kier alpha value is -1.35. The minimum absolute atomic E-state index is 0.000333. The molecule has 2 saturated heterocycles. The van der Waals surface area contributed by atoms with E-state index in [-0.39, 0.29) is 43.1 Å². The van der Waals surface area contributed by atoms with Crippen LogP contribution in [0.15, 0.2) is 0 Å². The molecule has 0 aliphatic carbocycles. The van der Waals surface area contributed by atoms with Crippen LogP contribution < -0.4 is 0 Å². The second-order valence-corrected chi connectivity index (χ2v) is 10.0. The summed E-state index contributed by atoms with van der Waals surface area (Å²) in [6.45, 7) is 5.52. The van der Waals surface area contributed by atoms with Gasteiger partial charge in [0.25, 0.3) is 0 Å². The van der Waals surface area contributed by atoms with Crippen molar-refractivity contribution in [2.24, 2.45) is 11.3 Å². The summed E-state index contributed by atoms with van der Waals surface area (Å²) in [5.74, 6) is 0.103. The maximum Gasteiger partial charge on any atom is 0.319 e. The second kappa shape index (κ2) is 7.11. The lowest BCUT2D eigenvalue weighted by molar-refractivity contribution is -0.126. The average Bonchev–Trinajstić information content (AvgIpc) is 2.64. The van der Waals surface area contributed by atoms with E-state index < -0.39 is 15.4 Å². The van der Waals surface area contributed by atoms with E-state index in [0.717, 1.165) is 0 Å². The zero-order valence-electron chi connectivity index (χ0n) is 15.9. The Balaban J connectivity index is 2.33. The maximum atomic E-state index is 12.8. The van der Waals surface area contributed by atoms with Gasteiger partial charge in [-0.15, -0.1) is 0 Å². The predicted molar refractivity (Wildman–Crippen MR) is 95.5 cm³/mol. The van der Waals surface area contributed by atoms with E-state index in [0.29, 0.717) is 19.6 Å². The zero-order valence-corrected chi connectivity index (χ0v) is 16.7. The van der Waals surface area contributed by atoms with Gasteiger partial charge in [-0.3, -0.25) is 4.79 Å². The number of urea groups is 1. The molecule has 1 atom stereocenters. The molecule has 2 fully saturated rings. The van der Waals surface area contributed by atoms with Crippen LogP contribution in [0.1, 0.15) is 20.3 Å². The summed E-state index contributed by atoms with van der Waals surface area (Å²) >= 11 is 0. The fourth-order valence-corrected chi connectivity index (χ4v) is 5.63. The molecule has 2 aliphatic rings. The fourth-order valence-electron chi connectivity index (χ4n) is 3.74. The molecule has 2 aliphatic heterocycles. The average molecular weight is 375 g/mol. The Labute approximate surface area is 150 Å². The van der Waals surface area contributed by atoms with Crippen LogP contribution in [0.2, 0.25) is 0 Å². The van der Waals surface area contributed by atoms with E-state index in [4.69, 9.17) is 0 Å². The van der Waals surface area contributed by atoms with Crippen LogP contribution in [0.25, 0.3) is 0 Å². The molecule has 144 valence electrons. The number of amides is 3. The van der Waals surface area contributed by atoms with Crippen LogP contribution in [0.4, 0.5) is 4.79 Å². The van der Waals surface area contributed by atoms with Gasteiger partial charge in [0.2, 0.25) is 15.9 Å². The van der Waals surface area contributed by atoms with Crippen LogP contribution in [-0.2, 0) is 14.8 Å². The van der Waals surface area contributed by atoms with Crippen molar-refractivity contribution in [3.05, 3.63) is 0 Å². The Morgan fingerprint density at radius 3 is 2.32 bits per heavy atom. The fraction of sp³-hybridized carbons (Fsp3) is 0.875. The largest absolute Gasteiger partial charge is 0.345 e. The molecule has 2 heterocycles. The van der Waals surface area contributed by atoms with Crippen molar-refractivity contribution in [3.63, 3.8) is 0 Å². The van der Waals surface area contributed by atoms with Crippen LogP contribution in [0, 0.1) is 11.3 Å². The van der Waals surface area contributed by atoms with E-state index in [1.165, 1.54) is 9.21 Å². The molecular weight excluding hydrogens is 344 g/mol. The first-order chi connectivity index (χ1) is 11.5. The summed E-state index contributed by atoms with van der Waals surface area (Å²) < 4.78 is 27.0. The lowest BCUT2D eigenvalue weighted by Gasteiger charge is -2.34. The van der Waals surface area contributed by atoms with E-state index >= 15 is 0 Å². The molecule has 0 radical (unpaired) electrons. The van der Waals surface area contributed by atoms with Crippen molar-refractivity contribution < 1.29 is 18.0 Å². The van der Waals surface area contributed by atoms with Gasteiger partial charge in [-0.05, 0) is 5.92 Å². The molecule has 8 nitrogen and oxygen atoms in total. The first-order valence-corrected chi connectivity index (χ1v) is 10.2. The monoisotopic (exact) mass is 374 g/mol. The third-order valence-corrected chi connectivity index (χ3v) is 6.96. The summed E-state index contributed by atoms with van der Waals surface area (Å²) in [4.78, 5) is 29.4. The van der Waals surface area contributed by atoms with Crippen LogP contribution in [-0.4, -0.2) is 99.0 Å². The smallest absolute Gasteiger partial charge is 0.319 e. The molecule has 2 rings (SSSR count). The number of nitrogens with zero attached hydrogens (tertiary/aromatic N) is 4. The Morgan fingerprint density at radius 2 is 1.84 bits per heavy atom. The molecule has 0 aromatic rings. The highest BCUT2D eigenvalue weighted by molar-refractivity contribution is 7.89. The maximum absolute atomic E-state index is 12.8. The van der Waals surface area contributed by atoms with Gasteiger partial charge in [0.05, 0.1) is 5.75 Å². The zero-order chi connectivity index (χ0) is 19.0. The van der Waals surface area contributed by atoms with E-state index in [1.54, 1.807) is 30.9 Å². The standard InChI is InChI=1S/C16H30N4O4S/c1-13(2)9-25(23,24)20-7-6-19(15(22)17(3)4)11-16(12-20)8-14(21)18(5)10-16/h13H,6-12H2,1-5H3/t16-/m0/s1. The first kappa shape index (κ1) is 20.0. The van der Waals surface area contributed by atoms with E-state index in [1.807, 2.05) is 13.8 Å². The van der Waals surface area contributed by atoms with Crippen molar-refractivity contribution in [2.75, 3.05) is 59.6 Å². The number of carbonyl (C=O) groups excluding carboxylic acids is 2. The van der Waals surface area contributed by atoms with Gasteiger partial charge < -0.3 is 14.7 Å². The number of sulfonamides is 1. The van der Waals surface area contributed by atoms with Gasteiger partial charge in [0.15, 0.2) is 0 Å². The van der Waals surface area contributed by atoms with Crippen molar-refractivity contribution in [3.8, 4) is 0 Å². The lowest BCUT2D eigenvalue weighted by Crippen LogP contribution is -2.47. The molecule has 0 bridgehead atoms. The van der Waals surface area contributed by atoms with Gasteiger partial charge in [-0.2, -0.15) is 4.31 Å². The van der Waals surface area contributed by atoms with Gasteiger partial charge in [-0.1, -0.05) is 13.8 Å². The Bertz CT molecular complexity index is 634. The predicted octanol–water partition coefficient (Wildman–Crippen LogP) is 0.120. The molecule has 0 aromatic carbocycles. The van der Waals surface area contributed by atoms with Gasteiger partial charge in [-0.25, -0.2) is 13.2 Å². The number of hydrogen-bond donors (Lipinski definition) is 0. The lowest BCUT2D eigenvalue weighted by atomic mass is 9.86. The normalized spacial score (nSPS) is 25.8. The number of rotatable bonds is 3. The highest BCUT2D eigenvalue weighted by Gasteiger charge is 2.48. The van der Waals surface area contributed by atoms with Crippen LogP contribution >= 0.6 is 0 Å². The topological polar surface area (TPSA) is 81.2 Å². The molecule has 25 heavy (non-hydrogen) atoms. The van der Waals surface area contributed by atoms with Gasteiger partial charge >= 0.3 is 6.03 Å². The second-order valence-electron chi connectivity index (χ2n) is 8.03. The van der Waals surface area contributed by atoms with Gasteiger partial charge in [0, 0.05) is 65.7 Å². The summed E-state index contributed by atoms with van der Waals surface area (Å²) in [5.41, 5.74) is -0.544. The van der Waals surface area contributed by atoms with E-state index in [2.05, 4.69) is 0 Å². The summed E-state index contributed by atoms with van der Waals surface area (Å²) in [5, 5.41) is 0. The van der Waals surface area contributed by atoms with Crippen molar-refractivity contribution in [2.45, 2.75) is 20.3 Å². The number of hydrogen-bond acceptors (Lipinski definition) is 4. The van der Waals surface area contributed by atoms with E-state index in [9.17, 15) is 18.0 Å². The highest BCUT2D eigenvalue weighted by atomic mass is 32.2. The first-order valence-electron chi connectivity index (χ1n) is 8.64. The van der Waals surface area contributed by atoms with Crippen molar-refractivity contribution >= 4 is 22.0 Å². The van der Waals surface area contributed by atoms with Gasteiger partial charge in [0.1, 0.15) is 0 Å². The minimum Gasteiger partial charge on any atom is -0.345 e. The molecule has 0 N–H and O–H groups in total. The van der Waals surface area contributed by atoms with Crippen molar-refractivity contribution in [1.29, 1.82) is 0 Å². The Morgan fingerprint density at radius 1 is 1.20 bits per heavy atom. The number of carbonyl (C=O) groups is 2. The summed E-state index contributed by atoms with van der Waals surface area (Å²) in [6.07, 6.45) is 0.272. The minimum atomic E-state index is -3.42. The molecular formula is C16H30N4O4S. The molecule has 0 saturated carbocycles. The summed E-state index contributed by atoms with van der Waals surface area (Å²) in [6, 6.07) is -0.149. The Kier molecular flexibility index (Phi) is 5.68. The number of likely N-dealkylation sites (tertiary alicyclic amines) is 1. The highest BCUT2D eigenvalue weighted by Crippen LogP contribution is 2.35. The van der Waals surface area contributed by atoms with Crippen LogP contribution in [0.3, 0.4) is 0 Å². The third-order valence-electron chi connectivity index (χ3n) is 4.77. The molecule has 0 unspecified atom stereocenters.